The van der Waals surface area contributed by atoms with E-state index in [-0.39, 0.29) is 12.4 Å². The predicted molar refractivity (Wildman–Crippen MR) is 125 cm³/mol. The van der Waals surface area contributed by atoms with Crippen LogP contribution in [0.4, 0.5) is 0 Å². The molecular weight excluding hydrogens is 470 g/mol. The fraction of sp³-hybridized carbons (Fsp3) is 0.250. The molecule has 1 aliphatic heterocycles. The van der Waals surface area contributed by atoms with Gasteiger partial charge in [0.25, 0.3) is 0 Å². The van der Waals surface area contributed by atoms with Crippen LogP contribution >= 0.6 is 11.6 Å². The number of amides is 2. The molecule has 0 radical (unpaired) electrons. The number of hydrazine groups is 2. The number of carbonyl (C=O) groups is 2. The number of halogens is 1. The highest BCUT2D eigenvalue weighted by Crippen LogP contribution is 2.23. The van der Waals surface area contributed by atoms with Crippen LogP contribution in [0.15, 0.2) is 53.6 Å². The van der Waals surface area contributed by atoms with Crippen LogP contribution in [0.25, 0.3) is 11.1 Å². The molecule has 1 aliphatic rings. The van der Waals surface area contributed by atoms with Gasteiger partial charge in [-0.05, 0) is 42.2 Å². The summed E-state index contributed by atoms with van der Waals surface area (Å²) in [6, 6.07) is 13.2. The number of hydrazone groups is 1. The van der Waals surface area contributed by atoms with E-state index >= 15 is 0 Å². The van der Waals surface area contributed by atoms with E-state index in [0.29, 0.717) is 5.02 Å². The van der Waals surface area contributed by atoms with E-state index in [1.54, 1.807) is 6.07 Å². The Morgan fingerprint density at radius 2 is 1.82 bits per heavy atom. The fourth-order valence-electron chi connectivity index (χ4n) is 3.07. The molecule has 6 N–H and O–H groups in total. The molecule has 2 amide bonds. The van der Waals surface area contributed by atoms with Crippen molar-refractivity contribution in [2.75, 3.05) is 6.26 Å². The smallest absolute Gasteiger partial charge is 0.250 e. The Kier molecular flexibility index (Phi) is 7.87. The molecule has 0 saturated heterocycles. The van der Waals surface area contributed by atoms with Crippen molar-refractivity contribution in [3.8, 4) is 11.1 Å². The standard InChI is InChI=1S/C20H24ClN7O4S/c1-12(18(29)26-33(2,31)32)22-17(19(30)23-20-24-27-28-25-20)10-13-6-8-14(9-7-13)15-4-3-5-16(21)11-15/h3-9,11-12,17,22,27-28H,10H2,1-2H3,(H,26,29)(H2,23,24,25,30)/t12-,17-/m0/s1. The van der Waals surface area contributed by atoms with Gasteiger partial charge in [-0.15, -0.1) is 10.6 Å². The summed E-state index contributed by atoms with van der Waals surface area (Å²) in [6.07, 6.45) is 1.11. The molecule has 2 aromatic carbocycles. The van der Waals surface area contributed by atoms with E-state index in [4.69, 9.17) is 11.6 Å². The summed E-state index contributed by atoms with van der Waals surface area (Å²) in [4.78, 5) is 25.0. The molecule has 0 saturated carbocycles. The van der Waals surface area contributed by atoms with Gasteiger partial charge in [-0.1, -0.05) is 48.0 Å². The Hall–Kier alpha value is -3.19. The number of hydrogen-bond donors (Lipinski definition) is 6. The summed E-state index contributed by atoms with van der Waals surface area (Å²) in [5.41, 5.74) is 10.3. The van der Waals surface area contributed by atoms with Crippen molar-refractivity contribution in [3.63, 3.8) is 0 Å². The highest BCUT2D eigenvalue weighted by molar-refractivity contribution is 7.89. The van der Waals surface area contributed by atoms with Gasteiger partial charge < -0.3 is 0 Å². The second-order valence-corrected chi connectivity index (χ2v) is 9.59. The molecule has 2 atom stereocenters. The number of nitrogens with zero attached hydrogens (tertiary/aromatic N) is 1. The molecular formula is C20H24ClN7O4S. The first kappa shape index (κ1) is 24.5. The van der Waals surface area contributed by atoms with Crippen molar-refractivity contribution in [2.24, 2.45) is 5.10 Å². The Morgan fingerprint density at radius 1 is 1.09 bits per heavy atom. The molecule has 2 aromatic rings. The van der Waals surface area contributed by atoms with Crippen LogP contribution in [0, 0.1) is 0 Å². The second-order valence-electron chi connectivity index (χ2n) is 7.40. The van der Waals surface area contributed by atoms with Crippen LogP contribution in [0.2, 0.25) is 5.02 Å². The zero-order chi connectivity index (χ0) is 24.0. The van der Waals surface area contributed by atoms with Gasteiger partial charge in [0.1, 0.15) is 0 Å². The van der Waals surface area contributed by atoms with E-state index in [1.807, 2.05) is 47.2 Å². The minimum absolute atomic E-state index is 0.149. The van der Waals surface area contributed by atoms with Crippen LogP contribution in [-0.2, 0) is 26.0 Å². The third-order valence-corrected chi connectivity index (χ3v) is 5.45. The third-order valence-electron chi connectivity index (χ3n) is 4.64. The van der Waals surface area contributed by atoms with Crippen molar-refractivity contribution >= 4 is 39.4 Å². The van der Waals surface area contributed by atoms with Gasteiger partial charge in [0.05, 0.1) is 18.3 Å². The van der Waals surface area contributed by atoms with Crippen molar-refractivity contribution in [2.45, 2.75) is 25.4 Å². The minimum Gasteiger partial charge on any atom is -0.295 e. The third kappa shape index (κ3) is 7.43. The summed E-state index contributed by atoms with van der Waals surface area (Å²) in [5, 5.41) is 9.90. The number of nitrogens with one attached hydrogen (secondary N) is 6. The van der Waals surface area contributed by atoms with Crippen LogP contribution in [0.3, 0.4) is 0 Å². The summed E-state index contributed by atoms with van der Waals surface area (Å²) >= 11 is 6.07. The summed E-state index contributed by atoms with van der Waals surface area (Å²) in [7, 11) is -3.73. The first-order valence-corrected chi connectivity index (χ1v) is 12.1. The summed E-state index contributed by atoms with van der Waals surface area (Å²) < 4.78 is 24.6. The molecule has 13 heteroatoms. The normalized spacial score (nSPS) is 14.9. The molecule has 3 rings (SSSR count). The van der Waals surface area contributed by atoms with Crippen LogP contribution in [0.1, 0.15) is 12.5 Å². The monoisotopic (exact) mass is 493 g/mol. The highest BCUT2D eigenvalue weighted by Gasteiger charge is 2.26. The SMILES string of the molecule is C[C@H](N[C@@H](Cc1ccc(-c2cccc(Cl)c2)cc1)C(=O)NC1=NNNN1)C(=O)NS(C)(=O)=O. The van der Waals surface area contributed by atoms with Gasteiger partial charge in [0.2, 0.25) is 27.8 Å². The van der Waals surface area contributed by atoms with Crippen LogP contribution in [0.5, 0.6) is 0 Å². The number of rotatable bonds is 8. The quantitative estimate of drug-likeness (QED) is 0.300. The molecule has 0 aliphatic carbocycles. The lowest BCUT2D eigenvalue weighted by Crippen LogP contribution is -2.56. The number of carbonyl (C=O) groups excluding carboxylic acids is 2. The number of benzene rings is 2. The topological polar surface area (TPSA) is 153 Å². The van der Waals surface area contributed by atoms with E-state index in [2.05, 4.69) is 32.2 Å². The van der Waals surface area contributed by atoms with E-state index in [0.717, 1.165) is 22.9 Å². The van der Waals surface area contributed by atoms with Gasteiger partial charge in [0, 0.05) is 5.02 Å². The lowest BCUT2D eigenvalue weighted by molar-refractivity contribution is -0.123. The average molecular weight is 494 g/mol. The Bertz CT molecular complexity index is 1160. The Morgan fingerprint density at radius 3 is 2.42 bits per heavy atom. The van der Waals surface area contributed by atoms with Crippen molar-refractivity contribution in [1.82, 2.24) is 31.9 Å². The van der Waals surface area contributed by atoms with Crippen molar-refractivity contribution < 1.29 is 18.0 Å². The molecule has 0 spiro atoms. The first-order chi connectivity index (χ1) is 15.6. The maximum atomic E-state index is 12.9. The predicted octanol–water partition coefficient (Wildman–Crippen LogP) is -0.0284. The molecule has 33 heavy (non-hydrogen) atoms. The molecule has 1 heterocycles. The van der Waals surface area contributed by atoms with Gasteiger partial charge in [0.15, 0.2) is 0 Å². The van der Waals surface area contributed by atoms with Crippen molar-refractivity contribution in [1.29, 1.82) is 0 Å². The van der Waals surface area contributed by atoms with Gasteiger partial charge in [-0.3, -0.25) is 30.4 Å². The Balaban J connectivity index is 1.75. The zero-order valence-electron chi connectivity index (χ0n) is 17.8. The van der Waals surface area contributed by atoms with Gasteiger partial charge in [-0.25, -0.2) is 14.0 Å². The molecule has 11 nitrogen and oxygen atoms in total. The molecule has 176 valence electrons. The minimum atomic E-state index is -3.73. The van der Waals surface area contributed by atoms with Crippen molar-refractivity contribution in [3.05, 3.63) is 59.1 Å². The number of hydrogen-bond acceptors (Lipinski definition) is 9. The van der Waals surface area contributed by atoms with E-state index < -0.39 is 33.9 Å². The largest absolute Gasteiger partial charge is 0.295 e. The highest BCUT2D eigenvalue weighted by atomic mass is 35.5. The summed E-state index contributed by atoms with van der Waals surface area (Å²) in [5.74, 6) is -1.09. The first-order valence-electron chi connectivity index (χ1n) is 9.88. The number of sulfonamides is 1. The zero-order valence-corrected chi connectivity index (χ0v) is 19.4. The number of guanidine groups is 1. The van der Waals surface area contributed by atoms with Crippen LogP contribution < -0.4 is 31.9 Å². The summed E-state index contributed by atoms with van der Waals surface area (Å²) in [6.45, 7) is 1.47. The van der Waals surface area contributed by atoms with E-state index in [1.165, 1.54) is 6.92 Å². The molecule has 0 aromatic heterocycles. The second kappa shape index (κ2) is 10.6. The lowest BCUT2D eigenvalue weighted by Gasteiger charge is -2.22. The maximum absolute atomic E-state index is 12.9. The van der Waals surface area contributed by atoms with Gasteiger partial charge in [-0.2, -0.15) is 0 Å². The molecule has 0 bridgehead atoms. The van der Waals surface area contributed by atoms with Gasteiger partial charge >= 0.3 is 0 Å². The maximum Gasteiger partial charge on any atom is 0.250 e. The fourth-order valence-corrected chi connectivity index (χ4v) is 3.81. The Labute approximate surface area is 196 Å². The molecule has 0 unspecified atom stereocenters. The van der Waals surface area contributed by atoms with Crippen LogP contribution in [-0.4, -0.2) is 44.5 Å². The van der Waals surface area contributed by atoms with E-state index in [9.17, 15) is 18.0 Å². The molecule has 0 fully saturated rings. The lowest BCUT2D eigenvalue weighted by atomic mass is 10.00. The average Bonchev–Trinajstić information content (AvgIpc) is 3.25.